The fraction of sp³-hybridized carbons (Fsp3) is 0.400. The van der Waals surface area contributed by atoms with Gasteiger partial charge in [-0.25, -0.2) is 4.79 Å². The number of halogens is 4. The number of aromatic nitrogens is 3. The maximum Gasteiger partial charge on any atom is 0.416 e. The molecule has 190 valence electrons. The van der Waals surface area contributed by atoms with E-state index in [0.29, 0.717) is 48.0 Å². The summed E-state index contributed by atoms with van der Waals surface area (Å²) in [4.78, 5) is 14.9. The highest BCUT2D eigenvalue weighted by molar-refractivity contribution is 6.30. The summed E-state index contributed by atoms with van der Waals surface area (Å²) >= 11 is 6.00. The predicted octanol–water partition coefficient (Wildman–Crippen LogP) is 4.81. The number of likely N-dealkylation sites (tertiary alicyclic amines) is 1. The lowest BCUT2D eigenvalue weighted by atomic mass is 10.0. The number of urea groups is 1. The third kappa shape index (κ3) is 4.79. The van der Waals surface area contributed by atoms with Crippen LogP contribution in [0.15, 0.2) is 48.5 Å². The Labute approximate surface area is 210 Å². The van der Waals surface area contributed by atoms with Gasteiger partial charge in [0.2, 0.25) is 0 Å². The van der Waals surface area contributed by atoms with Gasteiger partial charge in [-0.05, 0) is 55.2 Å². The normalized spacial score (nSPS) is 21.0. The first-order chi connectivity index (χ1) is 17.1. The number of nitrogens with zero attached hydrogens (tertiary/aromatic N) is 4. The Morgan fingerprint density at radius 1 is 1.14 bits per heavy atom. The van der Waals surface area contributed by atoms with Gasteiger partial charge in [0, 0.05) is 18.0 Å². The molecule has 2 fully saturated rings. The average Bonchev–Trinajstić information content (AvgIpc) is 3.38. The molecule has 11 heteroatoms. The van der Waals surface area contributed by atoms with Crippen LogP contribution >= 0.6 is 11.6 Å². The number of aryl methyl sites for hydroxylation is 1. The van der Waals surface area contributed by atoms with Crippen LogP contribution in [-0.2, 0) is 18.3 Å². The van der Waals surface area contributed by atoms with Crippen molar-refractivity contribution in [1.82, 2.24) is 25.0 Å². The summed E-state index contributed by atoms with van der Waals surface area (Å²) in [6, 6.07) is 11.4. The number of carbonyl (C=O) groups excluding carboxylic acids is 1. The number of amides is 2. The van der Waals surface area contributed by atoms with Crippen molar-refractivity contribution in [3.63, 3.8) is 0 Å². The minimum Gasteiger partial charge on any atom is -0.391 e. The van der Waals surface area contributed by atoms with Crippen molar-refractivity contribution >= 4 is 17.6 Å². The second kappa shape index (κ2) is 9.08. The molecular formula is C25H25ClF3N5O2. The number of hydrogen-bond donors (Lipinski definition) is 2. The van der Waals surface area contributed by atoms with Crippen LogP contribution in [0.2, 0.25) is 5.02 Å². The number of carbonyl (C=O) groups is 1. The molecule has 2 N–H and O–H groups in total. The number of hydrogen-bond acceptors (Lipinski definition) is 4. The van der Waals surface area contributed by atoms with Gasteiger partial charge in [-0.3, -0.25) is 0 Å². The van der Waals surface area contributed by atoms with Gasteiger partial charge < -0.3 is 19.9 Å². The number of rotatable bonds is 5. The second-order valence-electron chi connectivity index (χ2n) is 9.46. The predicted molar refractivity (Wildman–Crippen MR) is 126 cm³/mol. The highest BCUT2D eigenvalue weighted by Gasteiger charge is 2.48. The van der Waals surface area contributed by atoms with Gasteiger partial charge in [-0.2, -0.15) is 13.2 Å². The molecule has 3 aromatic rings. The van der Waals surface area contributed by atoms with Gasteiger partial charge in [-0.15, -0.1) is 10.2 Å². The molecule has 1 saturated carbocycles. The molecule has 0 bridgehead atoms. The third-order valence-electron chi connectivity index (χ3n) is 6.92. The van der Waals surface area contributed by atoms with E-state index in [4.69, 9.17) is 11.6 Å². The van der Waals surface area contributed by atoms with Crippen molar-refractivity contribution in [2.45, 2.75) is 56.6 Å². The third-order valence-corrected chi connectivity index (χ3v) is 7.17. The molecule has 0 spiro atoms. The van der Waals surface area contributed by atoms with E-state index < -0.39 is 35.5 Å². The number of β-amino-alcohol motifs (C(OH)–C–C–N with tert-alkyl or cyclic N) is 1. The lowest BCUT2D eigenvalue weighted by Crippen LogP contribution is -2.45. The first-order valence-electron chi connectivity index (χ1n) is 11.6. The number of aliphatic hydroxyl groups excluding tert-OH is 1. The van der Waals surface area contributed by atoms with Gasteiger partial charge in [0.25, 0.3) is 0 Å². The lowest BCUT2D eigenvalue weighted by Gasteiger charge is -2.28. The summed E-state index contributed by atoms with van der Waals surface area (Å²) in [6.45, 7) is 2.42. The molecule has 0 unspecified atom stereocenters. The molecule has 2 heterocycles. The standard InChI is InChI=1S/C25H25ClF3N5O2/c1-15-31-32-22(33(15)13-16-2-8-19(26)9-3-16)21-12-20(35)14-34(21)23(36)30-24(10-11-24)17-4-6-18(7-5-17)25(27,28)29/h2-9,20-21,35H,10-14H2,1H3,(H,30,36)/t20-,21-/m1/s1. The molecule has 2 amide bonds. The molecule has 1 aliphatic carbocycles. The van der Waals surface area contributed by atoms with Crippen LogP contribution in [0.5, 0.6) is 0 Å². The molecular weight excluding hydrogens is 495 g/mol. The Balaban J connectivity index is 1.36. The van der Waals surface area contributed by atoms with E-state index in [9.17, 15) is 23.1 Å². The van der Waals surface area contributed by atoms with Gasteiger partial charge in [0.1, 0.15) is 5.82 Å². The highest BCUT2D eigenvalue weighted by Crippen LogP contribution is 2.46. The maximum atomic E-state index is 13.4. The summed E-state index contributed by atoms with van der Waals surface area (Å²) < 4.78 is 40.8. The molecule has 36 heavy (non-hydrogen) atoms. The molecule has 1 aromatic heterocycles. The van der Waals surface area contributed by atoms with E-state index in [-0.39, 0.29) is 6.54 Å². The summed E-state index contributed by atoms with van der Waals surface area (Å²) in [6.07, 6.45) is -3.60. The van der Waals surface area contributed by atoms with Gasteiger partial charge in [0.05, 0.1) is 29.8 Å². The van der Waals surface area contributed by atoms with Crippen molar-refractivity contribution in [3.05, 3.63) is 81.9 Å². The molecule has 0 radical (unpaired) electrons. The fourth-order valence-electron chi connectivity index (χ4n) is 4.76. The van der Waals surface area contributed by atoms with Crippen molar-refractivity contribution in [1.29, 1.82) is 0 Å². The Hall–Kier alpha value is -3.11. The molecule has 2 atom stereocenters. The number of aliphatic hydroxyl groups is 1. The van der Waals surface area contributed by atoms with E-state index in [1.165, 1.54) is 17.0 Å². The molecule has 2 aromatic carbocycles. The Morgan fingerprint density at radius 2 is 1.81 bits per heavy atom. The SMILES string of the molecule is Cc1nnc([C@H]2C[C@@H](O)CN2C(=O)NC2(c3ccc(C(F)(F)F)cc3)CC2)n1Cc1ccc(Cl)cc1. The minimum absolute atomic E-state index is 0.118. The van der Waals surface area contributed by atoms with Crippen LogP contribution in [0.25, 0.3) is 0 Å². The Morgan fingerprint density at radius 3 is 2.42 bits per heavy atom. The summed E-state index contributed by atoms with van der Waals surface area (Å²) in [7, 11) is 0. The van der Waals surface area contributed by atoms with E-state index in [1.807, 2.05) is 23.6 Å². The van der Waals surface area contributed by atoms with Crippen LogP contribution in [0, 0.1) is 6.92 Å². The number of alkyl halides is 3. The fourth-order valence-corrected chi connectivity index (χ4v) is 4.89. The Bertz CT molecular complexity index is 1260. The molecule has 1 saturated heterocycles. The van der Waals surface area contributed by atoms with Crippen LogP contribution < -0.4 is 5.32 Å². The monoisotopic (exact) mass is 519 g/mol. The van der Waals surface area contributed by atoms with E-state index >= 15 is 0 Å². The molecule has 2 aliphatic rings. The van der Waals surface area contributed by atoms with Crippen LogP contribution in [0.3, 0.4) is 0 Å². The molecule has 7 nitrogen and oxygen atoms in total. The topological polar surface area (TPSA) is 83.3 Å². The summed E-state index contributed by atoms with van der Waals surface area (Å²) in [5, 5.41) is 22.6. The van der Waals surface area contributed by atoms with Gasteiger partial charge >= 0.3 is 12.2 Å². The van der Waals surface area contributed by atoms with E-state index in [2.05, 4.69) is 15.5 Å². The Kier molecular flexibility index (Phi) is 6.20. The molecule has 1 aliphatic heterocycles. The first-order valence-corrected chi connectivity index (χ1v) is 12.0. The lowest BCUT2D eigenvalue weighted by molar-refractivity contribution is -0.137. The highest BCUT2D eigenvalue weighted by atomic mass is 35.5. The number of nitrogens with one attached hydrogen (secondary N) is 1. The van der Waals surface area contributed by atoms with Crippen LogP contribution in [-0.4, -0.2) is 43.5 Å². The minimum atomic E-state index is -4.42. The molecule has 5 rings (SSSR count). The van der Waals surface area contributed by atoms with Crippen LogP contribution in [0.4, 0.5) is 18.0 Å². The van der Waals surface area contributed by atoms with Gasteiger partial charge in [-0.1, -0.05) is 35.9 Å². The van der Waals surface area contributed by atoms with Gasteiger partial charge in [0.15, 0.2) is 5.82 Å². The summed E-state index contributed by atoms with van der Waals surface area (Å²) in [5.41, 5.74) is 0.164. The zero-order valence-corrected chi connectivity index (χ0v) is 20.2. The number of benzene rings is 2. The van der Waals surface area contributed by atoms with E-state index in [0.717, 1.165) is 17.7 Å². The smallest absolute Gasteiger partial charge is 0.391 e. The zero-order valence-electron chi connectivity index (χ0n) is 19.5. The summed E-state index contributed by atoms with van der Waals surface area (Å²) in [5.74, 6) is 1.23. The second-order valence-corrected chi connectivity index (χ2v) is 9.90. The van der Waals surface area contributed by atoms with E-state index in [1.54, 1.807) is 12.1 Å². The maximum absolute atomic E-state index is 13.4. The quantitative estimate of drug-likeness (QED) is 0.506. The zero-order chi connectivity index (χ0) is 25.7. The van der Waals surface area contributed by atoms with Crippen LogP contribution in [0.1, 0.15) is 53.6 Å². The van der Waals surface area contributed by atoms with Crippen molar-refractivity contribution < 1.29 is 23.1 Å². The van der Waals surface area contributed by atoms with Crippen molar-refractivity contribution in [2.24, 2.45) is 0 Å². The first kappa shape index (κ1) is 24.6. The van der Waals surface area contributed by atoms with Crippen molar-refractivity contribution in [3.8, 4) is 0 Å². The largest absolute Gasteiger partial charge is 0.416 e. The van der Waals surface area contributed by atoms with Crippen molar-refractivity contribution in [2.75, 3.05) is 6.54 Å². The average molecular weight is 520 g/mol.